The van der Waals surface area contributed by atoms with Crippen LogP contribution in [-0.4, -0.2) is 43.6 Å². The van der Waals surface area contributed by atoms with Gasteiger partial charge in [-0.2, -0.15) is 0 Å². The number of allylic oxidation sites excluding steroid dienone is 8. The van der Waals surface area contributed by atoms with E-state index in [9.17, 15) is 29.4 Å². The van der Waals surface area contributed by atoms with Crippen molar-refractivity contribution in [2.24, 2.45) is 21.7 Å². The van der Waals surface area contributed by atoms with Crippen LogP contribution in [0, 0.1) is 21.7 Å². The molecule has 42 heavy (non-hydrogen) atoms. The first kappa shape index (κ1) is 52.5. The minimum Gasteiger partial charge on any atom is -0.512 e. The fourth-order valence-corrected chi connectivity index (χ4v) is 1.70. The van der Waals surface area contributed by atoms with E-state index in [1.165, 1.54) is 52.0 Å². The number of carbonyl (C=O) groups is 4. The molecule has 0 saturated heterocycles. The second-order valence-electron chi connectivity index (χ2n) is 13.6. The Labute approximate surface area is 275 Å². The fourth-order valence-electron chi connectivity index (χ4n) is 1.70. The average molecular weight is 680 g/mol. The van der Waals surface area contributed by atoms with E-state index in [0.717, 1.165) is 0 Å². The van der Waals surface area contributed by atoms with Gasteiger partial charge in [0.2, 0.25) is 0 Å². The van der Waals surface area contributed by atoms with Gasteiger partial charge in [0.05, 0.1) is 11.5 Å². The molecule has 0 radical (unpaired) electrons. The number of carbonyl (C=O) groups excluding carboxylic acids is 4. The van der Waals surface area contributed by atoms with Crippen molar-refractivity contribution < 1.29 is 73.7 Å². The molecular formula is C32H56Fe2O8. The molecule has 0 aliphatic rings. The maximum absolute atomic E-state index is 11.5. The summed E-state index contributed by atoms with van der Waals surface area (Å²) in [6, 6.07) is 0. The molecule has 0 aliphatic heterocycles. The Hall–Kier alpha value is -2.12. The van der Waals surface area contributed by atoms with Gasteiger partial charge < -0.3 is 20.4 Å². The zero-order valence-electron chi connectivity index (χ0n) is 28.4. The minimum absolute atomic E-state index is 0. The van der Waals surface area contributed by atoms with Crippen LogP contribution in [0.5, 0.6) is 0 Å². The molecule has 0 spiro atoms. The van der Waals surface area contributed by atoms with E-state index in [1.54, 1.807) is 0 Å². The molecule has 0 aliphatic carbocycles. The molecule has 0 amide bonds. The van der Waals surface area contributed by atoms with Gasteiger partial charge in [0, 0.05) is 80.1 Å². The fraction of sp³-hybridized carbons (Fsp3) is 0.625. The third-order valence-electron chi connectivity index (χ3n) is 4.38. The van der Waals surface area contributed by atoms with Crippen molar-refractivity contribution in [3.05, 3.63) is 47.3 Å². The summed E-state index contributed by atoms with van der Waals surface area (Å²) in [5.41, 5.74) is -1.53. The van der Waals surface area contributed by atoms with Gasteiger partial charge in [-0.15, -0.1) is 0 Å². The predicted molar refractivity (Wildman–Crippen MR) is 163 cm³/mol. The Kier molecular flexibility index (Phi) is 28.0. The van der Waals surface area contributed by atoms with E-state index in [2.05, 4.69) is 0 Å². The molecule has 8 nitrogen and oxygen atoms in total. The van der Waals surface area contributed by atoms with E-state index in [4.69, 9.17) is 10.2 Å². The quantitative estimate of drug-likeness (QED) is 0.132. The largest absolute Gasteiger partial charge is 0.512 e. The first-order valence-electron chi connectivity index (χ1n) is 13.0. The van der Waals surface area contributed by atoms with Crippen LogP contribution in [0.4, 0.5) is 0 Å². The number of aliphatic hydroxyl groups is 4. The van der Waals surface area contributed by atoms with Crippen molar-refractivity contribution in [1.82, 2.24) is 0 Å². The molecule has 10 heteroatoms. The summed E-state index contributed by atoms with van der Waals surface area (Å²) in [7, 11) is 0. The van der Waals surface area contributed by atoms with Crippen molar-refractivity contribution in [3.8, 4) is 0 Å². The molecule has 0 rings (SSSR count). The number of rotatable bonds is 4. The molecule has 0 atom stereocenters. The van der Waals surface area contributed by atoms with Crippen LogP contribution in [-0.2, 0) is 53.3 Å². The van der Waals surface area contributed by atoms with Crippen LogP contribution >= 0.6 is 0 Å². The van der Waals surface area contributed by atoms with Gasteiger partial charge in [0.25, 0.3) is 0 Å². The molecule has 0 saturated carbocycles. The summed E-state index contributed by atoms with van der Waals surface area (Å²) >= 11 is 0. The number of hydrogen-bond donors (Lipinski definition) is 4. The van der Waals surface area contributed by atoms with E-state index in [0.29, 0.717) is 0 Å². The summed E-state index contributed by atoms with van der Waals surface area (Å²) in [6.45, 7) is 27.9. The van der Waals surface area contributed by atoms with Crippen molar-refractivity contribution in [2.75, 3.05) is 0 Å². The normalized spacial score (nSPS) is 12.8. The van der Waals surface area contributed by atoms with Gasteiger partial charge in [-0.25, -0.2) is 0 Å². The first-order valence-corrected chi connectivity index (χ1v) is 13.0. The second kappa shape index (κ2) is 22.4. The summed E-state index contributed by atoms with van der Waals surface area (Å²) in [6.07, 6.45) is 5.00. The first-order chi connectivity index (χ1) is 17.3. The van der Waals surface area contributed by atoms with Crippen LogP contribution in [0.3, 0.4) is 0 Å². The molecule has 0 bridgehead atoms. The molecule has 0 fully saturated rings. The van der Waals surface area contributed by atoms with Crippen molar-refractivity contribution in [1.29, 1.82) is 0 Å². The van der Waals surface area contributed by atoms with E-state index in [-0.39, 0.29) is 91.1 Å². The molecule has 0 unspecified atom stereocenters. The van der Waals surface area contributed by atoms with Crippen LogP contribution in [0.15, 0.2) is 47.3 Å². The van der Waals surface area contributed by atoms with E-state index >= 15 is 0 Å². The Morgan fingerprint density at radius 1 is 0.405 bits per heavy atom. The second-order valence-corrected chi connectivity index (χ2v) is 13.6. The SMILES string of the molecule is CC(=O)C=C(C)O.CC(=O)C=C(C)O.CC(C)(C)C(=O)C=C(O)C(C)(C)C.CC(C)(C)C(=O)C=C(O)C(C)(C)C.[Fe].[Fe]. The van der Waals surface area contributed by atoms with Gasteiger partial charge in [-0.05, 0) is 27.7 Å². The van der Waals surface area contributed by atoms with Gasteiger partial charge in [0.15, 0.2) is 23.1 Å². The smallest absolute Gasteiger partial charge is 0.164 e. The molecular weight excluding hydrogens is 624 g/mol. The standard InChI is InChI=1S/2C11H20O2.2C5H8O2.2Fe/c2*1-10(2,3)8(12)7-9(13)11(4,5)6;2*1-4(6)3-5(2)7;;/h2*7,12H,1-6H3;2*3,6H,1-2H3;;. The van der Waals surface area contributed by atoms with Gasteiger partial charge in [0.1, 0.15) is 11.5 Å². The van der Waals surface area contributed by atoms with Gasteiger partial charge in [-0.3, -0.25) is 19.2 Å². The molecule has 0 aromatic rings. The van der Waals surface area contributed by atoms with Crippen LogP contribution in [0.1, 0.15) is 111 Å². The average Bonchev–Trinajstić information content (AvgIpc) is 2.64. The molecule has 4 N–H and O–H groups in total. The summed E-state index contributed by atoms with van der Waals surface area (Å²) < 4.78 is 0. The zero-order chi connectivity index (χ0) is 33.4. The topological polar surface area (TPSA) is 149 Å². The predicted octanol–water partition coefficient (Wildman–Crippen LogP) is 8.25. The molecule has 0 heterocycles. The van der Waals surface area contributed by atoms with Crippen molar-refractivity contribution >= 4 is 23.1 Å². The molecule has 0 aromatic carbocycles. The number of ketones is 4. The minimum atomic E-state index is -0.417. The summed E-state index contributed by atoms with van der Waals surface area (Å²) in [5.74, 6) is 0.0831. The maximum atomic E-state index is 11.5. The van der Waals surface area contributed by atoms with Crippen molar-refractivity contribution in [2.45, 2.75) is 111 Å². The maximum Gasteiger partial charge on any atom is 0.164 e. The van der Waals surface area contributed by atoms with Crippen LogP contribution < -0.4 is 0 Å². The Morgan fingerprint density at radius 3 is 0.667 bits per heavy atom. The van der Waals surface area contributed by atoms with E-state index in [1.807, 2.05) is 83.1 Å². The molecule has 248 valence electrons. The monoisotopic (exact) mass is 680 g/mol. The van der Waals surface area contributed by atoms with Crippen LogP contribution in [0.2, 0.25) is 0 Å². The van der Waals surface area contributed by atoms with Crippen molar-refractivity contribution in [3.63, 3.8) is 0 Å². The van der Waals surface area contributed by atoms with E-state index < -0.39 is 10.8 Å². The van der Waals surface area contributed by atoms with Gasteiger partial charge in [-0.1, -0.05) is 83.1 Å². The third-order valence-corrected chi connectivity index (χ3v) is 4.38. The Morgan fingerprint density at radius 2 is 0.595 bits per heavy atom. The third kappa shape index (κ3) is 35.9. The Balaban J connectivity index is -0.000000105. The number of aliphatic hydroxyl groups excluding tert-OH is 4. The number of hydrogen-bond acceptors (Lipinski definition) is 8. The Bertz CT molecular complexity index is 886. The summed E-state index contributed by atoms with van der Waals surface area (Å²) in [5, 5.41) is 35.8. The zero-order valence-corrected chi connectivity index (χ0v) is 30.6. The summed E-state index contributed by atoms with van der Waals surface area (Å²) in [4.78, 5) is 43.0. The molecule has 0 aromatic heterocycles. The van der Waals surface area contributed by atoms with Crippen LogP contribution in [0.25, 0.3) is 0 Å². The van der Waals surface area contributed by atoms with Gasteiger partial charge >= 0.3 is 0 Å².